The van der Waals surface area contributed by atoms with Gasteiger partial charge < -0.3 is 19.3 Å². The van der Waals surface area contributed by atoms with Gasteiger partial charge in [0.15, 0.2) is 0 Å². The second-order valence-electron chi connectivity index (χ2n) is 6.44. The van der Waals surface area contributed by atoms with E-state index < -0.39 is 0 Å². The van der Waals surface area contributed by atoms with Crippen LogP contribution >= 0.6 is 0 Å². The molecule has 2 aliphatic rings. The van der Waals surface area contributed by atoms with Gasteiger partial charge in [-0.15, -0.1) is 0 Å². The molecule has 0 spiro atoms. The molecule has 1 aromatic rings. The number of rotatable bonds is 5. The van der Waals surface area contributed by atoms with Crippen molar-refractivity contribution in [3.63, 3.8) is 0 Å². The number of likely N-dealkylation sites (tertiary alicyclic amines) is 2. The van der Waals surface area contributed by atoms with Crippen molar-refractivity contribution < 1.29 is 14.3 Å². The second kappa shape index (κ2) is 7.32. The van der Waals surface area contributed by atoms with Crippen molar-refractivity contribution >= 4 is 5.91 Å². The van der Waals surface area contributed by atoms with Crippen molar-refractivity contribution in [2.24, 2.45) is 0 Å². The van der Waals surface area contributed by atoms with Gasteiger partial charge in [-0.25, -0.2) is 0 Å². The highest BCUT2D eigenvalue weighted by atomic mass is 16.5. The third kappa shape index (κ3) is 3.67. The van der Waals surface area contributed by atoms with Gasteiger partial charge in [0.25, 0.3) is 5.91 Å². The van der Waals surface area contributed by atoms with E-state index in [4.69, 9.17) is 9.47 Å². The van der Waals surface area contributed by atoms with E-state index in [0.717, 1.165) is 31.8 Å². The Morgan fingerprint density at radius 3 is 2.48 bits per heavy atom. The Bertz CT molecular complexity index is 526. The Balaban J connectivity index is 1.71. The number of ether oxygens (including phenoxy) is 2. The third-order valence-corrected chi connectivity index (χ3v) is 4.97. The highest BCUT2D eigenvalue weighted by Crippen LogP contribution is 2.25. The van der Waals surface area contributed by atoms with E-state index in [1.54, 1.807) is 14.2 Å². The van der Waals surface area contributed by atoms with Crippen molar-refractivity contribution in [2.45, 2.75) is 31.4 Å². The first-order chi connectivity index (χ1) is 11.2. The summed E-state index contributed by atoms with van der Waals surface area (Å²) in [5.74, 6) is 0.864. The molecule has 0 aliphatic carbocycles. The zero-order valence-electron chi connectivity index (χ0n) is 14.0. The Labute approximate surface area is 138 Å². The van der Waals surface area contributed by atoms with Gasteiger partial charge in [-0.05, 0) is 56.6 Å². The summed E-state index contributed by atoms with van der Waals surface area (Å²) >= 11 is 0. The molecule has 2 aliphatic heterocycles. The fourth-order valence-electron chi connectivity index (χ4n) is 3.63. The summed E-state index contributed by atoms with van der Waals surface area (Å²) in [5, 5.41) is 0. The summed E-state index contributed by atoms with van der Waals surface area (Å²) in [6, 6.07) is 7.61. The molecule has 0 bridgehead atoms. The lowest BCUT2D eigenvalue weighted by atomic mass is 10.1. The summed E-state index contributed by atoms with van der Waals surface area (Å²) in [4.78, 5) is 17.4. The predicted molar refractivity (Wildman–Crippen MR) is 88.9 cm³/mol. The Morgan fingerprint density at radius 2 is 1.87 bits per heavy atom. The van der Waals surface area contributed by atoms with E-state index in [-0.39, 0.29) is 18.1 Å². The number of amides is 1. The van der Waals surface area contributed by atoms with Crippen LogP contribution in [0.1, 0.15) is 29.6 Å². The Kier molecular flexibility index (Phi) is 5.18. The molecule has 0 saturated carbocycles. The first kappa shape index (κ1) is 16.3. The zero-order chi connectivity index (χ0) is 16.2. The lowest BCUT2D eigenvalue weighted by Gasteiger charge is -2.28. The number of nitrogens with zero attached hydrogens (tertiary/aromatic N) is 2. The molecular weight excluding hydrogens is 292 g/mol. The number of hydrogen-bond donors (Lipinski definition) is 0. The average Bonchev–Trinajstić information content (AvgIpc) is 3.24. The number of carbonyl (C=O) groups is 1. The molecule has 0 unspecified atom stereocenters. The van der Waals surface area contributed by atoms with Gasteiger partial charge in [0, 0.05) is 31.8 Å². The number of hydrogen-bond acceptors (Lipinski definition) is 4. The third-order valence-electron chi connectivity index (χ3n) is 4.97. The minimum absolute atomic E-state index is 0.0939. The van der Waals surface area contributed by atoms with Crippen LogP contribution in [-0.4, -0.2) is 68.3 Å². The van der Waals surface area contributed by atoms with E-state index >= 15 is 0 Å². The molecule has 0 aromatic heterocycles. The van der Waals surface area contributed by atoms with Crippen molar-refractivity contribution in [2.75, 3.05) is 40.4 Å². The first-order valence-electron chi connectivity index (χ1n) is 8.41. The summed E-state index contributed by atoms with van der Waals surface area (Å²) in [6.45, 7) is 3.94. The van der Waals surface area contributed by atoms with Crippen molar-refractivity contribution in [1.29, 1.82) is 0 Å². The van der Waals surface area contributed by atoms with E-state index in [1.807, 2.05) is 29.2 Å². The highest BCUT2D eigenvalue weighted by Gasteiger charge is 2.36. The van der Waals surface area contributed by atoms with Crippen LogP contribution in [-0.2, 0) is 4.74 Å². The van der Waals surface area contributed by atoms with E-state index in [9.17, 15) is 4.79 Å². The maximum Gasteiger partial charge on any atom is 0.254 e. The fraction of sp³-hybridized carbons (Fsp3) is 0.611. The molecule has 2 heterocycles. The summed E-state index contributed by atoms with van der Waals surface area (Å²) in [7, 11) is 3.37. The number of methoxy groups -OCH3 is 2. The molecule has 0 N–H and O–H groups in total. The van der Waals surface area contributed by atoms with Gasteiger partial charge in [-0.1, -0.05) is 0 Å². The molecule has 1 aromatic carbocycles. The van der Waals surface area contributed by atoms with Gasteiger partial charge >= 0.3 is 0 Å². The number of benzene rings is 1. The van der Waals surface area contributed by atoms with Crippen LogP contribution in [0.15, 0.2) is 24.3 Å². The number of carbonyl (C=O) groups excluding carboxylic acids is 1. The second-order valence-corrected chi connectivity index (χ2v) is 6.44. The summed E-state index contributed by atoms with van der Waals surface area (Å²) < 4.78 is 10.7. The lowest BCUT2D eigenvalue weighted by Crippen LogP contribution is -2.42. The summed E-state index contributed by atoms with van der Waals surface area (Å²) in [5.41, 5.74) is 0.717. The molecule has 5 heteroatoms. The van der Waals surface area contributed by atoms with E-state index in [2.05, 4.69) is 4.90 Å². The zero-order valence-corrected chi connectivity index (χ0v) is 14.0. The van der Waals surface area contributed by atoms with Gasteiger partial charge in [-0.2, -0.15) is 0 Å². The summed E-state index contributed by atoms with van der Waals surface area (Å²) in [6.07, 6.45) is 3.61. The molecule has 23 heavy (non-hydrogen) atoms. The smallest absolute Gasteiger partial charge is 0.254 e. The quantitative estimate of drug-likeness (QED) is 0.833. The molecule has 5 nitrogen and oxygen atoms in total. The molecule has 126 valence electrons. The SMILES string of the molecule is COc1ccc(C(=O)N2C[C@@H](OC)C[C@H]2CN2CCCC2)cc1. The van der Waals surface area contributed by atoms with Crippen LogP contribution < -0.4 is 4.74 Å². The highest BCUT2D eigenvalue weighted by molar-refractivity contribution is 5.94. The molecule has 2 fully saturated rings. The van der Waals surface area contributed by atoms with Gasteiger partial charge in [0.05, 0.1) is 13.2 Å². The van der Waals surface area contributed by atoms with Crippen LogP contribution in [0.25, 0.3) is 0 Å². The van der Waals surface area contributed by atoms with Crippen molar-refractivity contribution in [3.05, 3.63) is 29.8 Å². The van der Waals surface area contributed by atoms with Crippen molar-refractivity contribution in [1.82, 2.24) is 9.80 Å². The minimum Gasteiger partial charge on any atom is -0.497 e. The van der Waals surface area contributed by atoms with E-state index in [0.29, 0.717) is 12.1 Å². The first-order valence-corrected chi connectivity index (χ1v) is 8.41. The Morgan fingerprint density at radius 1 is 1.17 bits per heavy atom. The van der Waals surface area contributed by atoms with Gasteiger partial charge in [0.1, 0.15) is 5.75 Å². The van der Waals surface area contributed by atoms with Gasteiger partial charge in [0.2, 0.25) is 0 Å². The van der Waals surface area contributed by atoms with Crippen LogP contribution in [0.3, 0.4) is 0 Å². The topological polar surface area (TPSA) is 42.0 Å². The largest absolute Gasteiger partial charge is 0.497 e. The van der Waals surface area contributed by atoms with Crippen molar-refractivity contribution in [3.8, 4) is 5.75 Å². The molecule has 2 saturated heterocycles. The maximum absolute atomic E-state index is 12.9. The standard InChI is InChI=1S/C18H26N2O3/c1-22-16-7-5-14(6-8-16)18(21)20-13-17(23-2)11-15(20)12-19-9-3-4-10-19/h5-8,15,17H,3-4,9-13H2,1-2H3/t15-,17-/m0/s1. The maximum atomic E-state index is 12.9. The van der Waals surface area contributed by atoms with Crippen LogP contribution in [0, 0.1) is 0 Å². The van der Waals surface area contributed by atoms with E-state index in [1.165, 1.54) is 12.8 Å². The molecular formula is C18H26N2O3. The predicted octanol–water partition coefficient (Wildman–Crippen LogP) is 2.02. The Hall–Kier alpha value is -1.59. The fourth-order valence-corrected chi connectivity index (χ4v) is 3.63. The van der Waals surface area contributed by atoms with Crippen LogP contribution in [0.4, 0.5) is 0 Å². The van der Waals surface area contributed by atoms with Crippen LogP contribution in [0.5, 0.6) is 5.75 Å². The van der Waals surface area contributed by atoms with Crippen LogP contribution in [0.2, 0.25) is 0 Å². The molecule has 0 radical (unpaired) electrons. The lowest BCUT2D eigenvalue weighted by molar-refractivity contribution is 0.0670. The average molecular weight is 318 g/mol. The normalized spacial score (nSPS) is 25.0. The molecule has 3 rings (SSSR count). The molecule has 1 amide bonds. The minimum atomic E-state index is 0.0939. The monoisotopic (exact) mass is 318 g/mol. The molecule has 2 atom stereocenters. The van der Waals surface area contributed by atoms with Gasteiger partial charge in [-0.3, -0.25) is 4.79 Å².